The van der Waals surface area contributed by atoms with Gasteiger partial charge < -0.3 is 4.90 Å². The molecule has 0 aliphatic carbocycles. The first-order chi connectivity index (χ1) is 11.9. The van der Waals surface area contributed by atoms with E-state index < -0.39 is 10.2 Å². The van der Waals surface area contributed by atoms with Crippen LogP contribution in [-0.4, -0.2) is 66.3 Å². The monoisotopic (exact) mass is 367 g/mol. The highest BCUT2D eigenvalue weighted by Crippen LogP contribution is 2.21. The molecule has 0 saturated carbocycles. The number of anilines is 1. The molecule has 7 nitrogen and oxygen atoms in total. The molecule has 2 aliphatic heterocycles. The first-order valence-corrected chi connectivity index (χ1v) is 10.6. The van der Waals surface area contributed by atoms with Crippen LogP contribution >= 0.6 is 0 Å². The van der Waals surface area contributed by atoms with Gasteiger partial charge in [-0.25, -0.2) is 9.97 Å². The third-order valence-electron chi connectivity index (χ3n) is 4.90. The van der Waals surface area contributed by atoms with E-state index in [0.29, 0.717) is 39.3 Å². The maximum Gasteiger partial charge on any atom is 0.282 e. The standard InChI is InChI=1S/C17H29N5O2S/c1-14(2)17-18-15(3)13-16(19-17)20-9-11-22(12-10-20)25(23,24)21-7-5-4-6-8-21/h13-14H,4-12H2,1-3H3. The zero-order valence-corrected chi connectivity index (χ0v) is 16.3. The van der Waals surface area contributed by atoms with Crippen molar-refractivity contribution in [2.24, 2.45) is 0 Å². The minimum absolute atomic E-state index is 0.277. The molecule has 2 aliphatic rings. The summed E-state index contributed by atoms with van der Waals surface area (Å²) in [7, 11) is -3.31. The van der Waals surface area contributed by atoms with Crippen LogP contribution in [0.3, 0.4) is 0 Å². The molecule has 1 aromatic heterocycles. The fraction of sp³-hybridized carbons (Fsp3) is 0.765. The highest BCUT2D eigenvalue weighted by molar-refractivity contribution is 7.86. The molecule has 3 heterocycles. The lowest BCUT2D eigenvalue weighted by Gasteiger charge is -2.38. The van der Waals surface area contributed by atoms with Crippen molar-refractivity contribution in [2.45, 2.75) is 46.0 Å². The lowest BCUT2D eigenvalue weighted by molar-refractivity contribution is 0.295. The third kappa shape index (κ3) is 4.12. The van der Waals surface area contributed by atoms with Crippen molar-refractivity contribution < 1.29 is 8.42 Å². The molecular formula is C17H29N5O2S. The second-order valence-corrected chi connectivity index (χ2v) is 9.16. The maximum absolute atomic E-state index is 12.8. The average Bonchev–Trinajstić information content (AvgIpc) is 2.62. The van der Waals surface area contributed by atoms with Crippen LogP contribution in [0.4, 0.5) is 5.82 Å². The molecule has 0 N–H and O–H groups in total. The number of piperazine rings is 1. The molecule has 140 valence electrons. The number of nitrogens with zero attached hydrogens (tertiary/aromatic N) is 5. The van der Waals surface area contributed by atoms with Crippen LogP contribution in [0.15, 0.2) is 6.07 Å². The summed E-state index contributed by atoms with van der Waals surface area (Å²) in [6, 6.07) is 1.99. The Kier molecular flexibility index (Phi) is 5.60. The Morgan fingerprint density at radius 1 is 0.920 bits per heavy atom. The Morgan fingerprint density at radius 3 is 2.12 bits per heavy atom. The van der Waals surface area contributed by atoms with Gasteiger partial charge in [-0.05, 0) is 19.8 Å². The van der Waals surface area contributed by atoms with Gasteiger partial charge in [0.1, 0.15) is 11.6 Å². The molecule has 0 aromatic carbocycles. The number of hydrogen-bond acceptors (Lipinski definition) is 5. The van der Waals surface area contributed by atoms with E-state index in [1.807, 2.05) is 13.0 Å². The summed E-state index contributed by atoms with van der Waals surface area (Å²) in [4.78, 5) is 11.3. The van der Waals surface area contributed by atoms with Crippen molar-refractivity contribution in [3.8, 4) is 0 Å². The molecule has 0 amide bonds. The smallest absolute Gasteiger partial charge is 0.282 e. The average molecular weight is 368 g/mol. The van der Waals surface area contributed by atoms with Gasteiger partial charge in [0.2, 0.25) is 0 Å². The fourth-order valence-corrected chi connectivity index (χ4v) is 5.07. The summed E-state index contributed by atoms with van der Waals surface area (Å²) in [5.74, 6) is 2.03. The summed E-state index contributed by atoms with van der Waals surface area (Å²) in [5.41, 5.74) is 0.956. The number of aryl methyl sites for hydroxylation is 1. The van der Waals surface area contributed by atoms with E-state index in [0.717, 1.165) is 36.6 Å². The first-order valence-electron chi connectivity index (χ1n) is 9.23. The summed E-state index contributed by atoms with van der Waals surface area (Å²) >= 11 is 0. The molecule has 2 fully saturated rings. The Morgan fingerprint density at radius 2 is 1.52 bits per heavy atom. The second-order valence-electron chi connectivity index (χ2n) is 7.23. The van der Waals surface area contributed by atoms with E-state index in [4.69, 9.17) is 0 Å². The fourth-order valence-electron chi connectivity index (χ4n) is 3.40. The molecule has 2 saturated heterocycles. The predicted octanol–water partition coefficient (Wildman–Crippen LogP) is 1.76. The van der Waals surface area contributed by atoms with E-state index in [1.54, 1.807) is 8.61 Å². The molecule has 0 atom stereocenters. The van der Waals surface area contributed by atoms with Gasteiger partial charge in [-0.2, -0.15) is 17.0 Å². The predicted molar refractivity (Wildman–Crippen MR) is 99.0 cm³/mol. The summed E-state index contributed by atoms with van der Waals surface area (Å²) in [6.07, 6.45) is 3.07. The quantitative estimate of drug-likeness (QED) is 0.811. The minimum atomic E-state index is -3.31. The molecule has 0 bridgehead atoms. The van der Waals surface area contributed by atoms with E-state index in [2.05, 4.69) is 28.7 Å². The molecule has 0 unspecified atom stereocenters. The van der Waals surface area contributed by atoms with Gasteiger partial charge in [0, 0.05) is 56.9 Å². The Balaban J connectivity index is 1.67. The number of hydrogen-bond donors (Lipinski definition) is 0. The van der Waals surface area contributed by atoms with E-state index in [1.165, 1.54) is 0 Å². The first kappa shape index (κ1) is 18.5. The summed E-state index contributed by atoms with van der Waals surface area (Å²) in [5, 5.41) is 0. The van der Waals surface area contributed by atoms with Crippen LogP contribution in [0, 0.1) is 6.92 Å². The zero-order chi connectivity index (χ0) is 18.0. The topological polar surface area (TPSA) is 69.6 Å². The minimum Gasteiger partial charge on any atom is -0.354 e. The molecule has 25 heavy (non-hydrogen) atoms. The van der Waals surface area contributed by atoms with E-state index in [-0.39, 0.29) is 5.92 Å². The Bertz CT molecular complexity index is 693. The Hall–Kier alpha value is -1.25. The van der Waals surface area contributed by atoms with Gasteiger partial charge in [0.05, 0.1) is 0 Å². The van der Waals surface area contributed by atoms with Gasteiger partial charge in [-0.3, -0.25) is 0 Å². The highest BCUT2D eigenvalue weighted by Gasteiger charge is 2.33. The van der Waals surface area contributed by atoms with Gasteiger partial charge in [0.25, 0.3) is 10.2 Å². The maximum atomic E-state index is 12.8. The number of aromatic nitrogens is 2. The molecule has 3 rings (SSSR count). The third-order valence-corrected chi connectivity index (χ3v) is 6.94. The van der Waals surface area contributed by atoms with Gasteiger partial charge in [-0.15, -0.1) is 0 Å². The second kappa shape index (κ2) is 7.55. The van der Waals surface area contributed by atoms with Crippen molar-refractivity contribution in [1.82, 2.24) is 18.6 Å². The molecule has 0 radical (unpaired) electrons. The normalized spacial score (nSPS) is 21.0. The molecule has 1 aromatic rings. The Labute approximate surface area is 151 Å². The highest BCUT2D eigenvalue weighted by atomic mass is 32.2. The summed E-state index contributed by atoms with van der Waals surface area (Å²) in [6.45, 7) is 9.83. The van der Waals surface area contributed by atoms with Crippen molar-refractivity contribution >= 4 is 16.0 Å². The van der Waals surface area contributed by atoms with Crippen LogP contribution in [0.2, 0.25) is 0 Å². The van der Waals surface area contributed by atoms with Crippen LogP contribution < -0.4 is 4.90 Å². The van der Waals surface area contributed by atoms with Crippen molar-refractivity contribution in [3.05, 3.63) is 17.6 Å². The van der Waals surface area contributed by atoms with Crippen LogP contribution in [0.25, 0.3) is 0 Å². The van der Waals surface area contributed by atoms with E-state index >= 15 is 0 Å². The number of piperidine rings is 1. The van der Waals surface area contributed by atoms with Crippen molar-refractivity contribution in [2.75, 3.05) is 44.2 Å². The van der Waals surface area contributed by atoms with E-state index in [9.17, 15) is 8.42 Å². The van der Waals surface area contributed by atoms with Crippen molar-refractivity contribution in [1.29, 1.82) is 0 Å². The largest absolute Gasteiger partial charge is 0.354 e. The van der Waals surface area contributed by atoms with Crippen LogP contribution in [0.1, 0.15) is 50.5 Å². The SMILES string of the molecule is Cc1cc(N2CCN(S(=O)(=O)N3CCCCC3)CC2)nc(C(C)C)n1. The van der Waals surface area contributed by atoms with Gasteiger partial charge in [-0.1, -0.05) is 20.3 Å². The molecule has 0 spiro atoms. The lowest BCUT2D eigenvalue weighted by atomic mass is 10.2. The lowest BCUT2D eigenvalue weighted by Crippen LogP contribution is -2.54. The van der Waals surface area contributed by atoms with Crippen LogP contribution in [0.5, 0.6) is 0 Å². The number of rotatable bonds is 4. The molecular weight excluding hydrogens is 338 g/mol. The summed E-state index contributed by atoms with van der Waals surface area (Å²) < 4.78 is 28.9. The van der Waals surface area contributed by atoms with Crippen molar-refractivity contribution in [3.63, 3.8) is 0 Å². The van der Waals surface area contributed by atoms with Gasteiger partial charge in [0.15, 0.2) is 0 Å². The van der Waals surface area contributed by atoms with Gasteiger partial charge >= 0.3 is 0 Å². The molecule has 8 heteroatoms. The van der Waals surface area contributed by atoms with Crippen LogP contribution in [-0.2, 0) is 10.2 Å². The zero-order valence-electron chi connectivity index (χ0n) is 15.5.